The van der Waals surface area contributed by atoms with E-state index in [4.69, 9.17) is 14.2 Å². The topological polar surface area (TPSA) is 48.0 Å². The third kappa shape index (κ3) is 2.32. The molecule has 2 saturated heterocycles. The first-order valence-electron chi connectivity index (χ1n) is 9.34. The number of carbonyl (C=O) groups excluding carboxylic acids is 1. The highest BCUT2D eigenvalue weighted by Gasteiger charge is 2.68. The van der Waals surface area contributed by atoms with Crippen LogP contribution in [0.1, 0.15) is 40.0 Å². The lowest BCUT2D eigenvalue weighted by atomic mass is 9.65. The van der Waals surface area contributed by atoms with E-state index in [1.165, 1.54) is 18.4 Å². The molecule has 4 aliphatic rings. The summed E-state index contributed by atoms with van der Waals surface area (Å²) >= 11 is 0. The molecule has 3 atom stereocenters. The minimum absolute atomic E-state index is 0.241. The number of hydrogen-bond donors (Lipinski definition) is 0. The van der Waals surface area contributed by atoms with Crippen LogP contribution in [0.5, 0.6) is 0 Å². The van der Waals surface area contributed by atoms with Crippen LogP contribution in [-0.2, 0) is 19.0 Å². The molecule has 2 fully saturated rings. The Morgan fingerprint density at radius 2 is 2.12 bits per heavy atom. The number of piperidine rings is 1. The first-order chi connectivity index (χ1) is 12.1. The van der Waals surface area contributed by atoms with Gasteiger partial charge < -0.3 is 14.2 Å². The van der Waals surface area contributed by atoms with Crippen molar-refractivity contribution >= 4 is 5.97 Å². The average Bonchev–Trinajstić information content (AvgIpc) is 2.99. The Bertz CT molecular complexity index is 707. The number of carbonyl (C=O) groups is 1. The molecule has 134 valence electrons. The summed E-state index contributed by atoms with van der Waals surface area (Å²) in [4.78, 5) is 14.6. The van der Waals surface area contributed by atoms with Crippen molar-refractivity contribution in [1.82, 2.24) is 4.90 Å². The van der Waals surface area contributed by atoms with Crippen LogP contribution >= 0.6 is 0 Å². The van der Waals surface area contributed by atoms with Gasteiger partial charge in [-0.15, -0.1) is 0 Å². The van der Waals surface area contributed by atoms with Gasteiger partial charge in [0.25, 0.3) is 0 Å². The van der Waals surface area contributed by atoms with Crippen LogP contribution in [0.25, 0.3) is 0 Å². The second-order valence-electron chi connectivity index (χ2n) is 6.94. The zero-order valence-electron chi connectivity index (χ0n) is 15.1. The molecule has 5 heteroatoms. The van der Waals surface area contributed by atoms with Gasteiger partial charge in [-0.25, -0.2) is 4.79 Å². The lowest BCUT2D eigenvalue weighted by molar-refractivity contribution is -0.146. The molecule has 0 saturated carbocycles. The molecular formula is C20H25NO4. The fourth-order valence-electron chi connectivity index (χ4n) is 4.86. The van der Waals surface area contributed by atoms with Crippen LogP contribution in [0.3, 0.4) is 0 Å². The van der Waals surface area contributed by atoms with E-state index >= 15 is 0 Å². The van der Waals surface area contributed by atoms with E-state index in [0.717, 1.165) is 24.1 Å². The Morgan fingerprint density at radius 3 is 2.84 bits per heavy atom. The second-order valence-corrected chi connectivity index (χ2v) is 6.94. The van der Waals surface area contributed by atoms with Crippen molar-refractivity contribution in [3.8, 4) is 11.8 Å². The number of fused-ring (bicyclic) bond motifs is 1. The Labute approximate surface area is 149 Å². The summed E-state index contributed by atoms with van der Waals surface area (Å²) in [6.07, 6.45) is 4.56. The summed E-state index contributed by atoms with van der Waals surface area (Å²) in [6, 6.07) is 0.527. The predicted molar refractivity (Wildman–Crippen MR) is 92.6 cm³/mol. The minimum atomic E-state index is -0.534. The predicted octanol–water partition coefficient (Wildman–Crippen LogP) is 2.18. The molecule has 0 radical (unpaired) electrons. The molecule has 0 aromatic heterocycles. The van der Waals surface area contributed by atoms with Gasteiger partial charge in [0.1, 0.15) is 0 Å². The van der Waals surface area contributed by atoms with Gasteiger partial charge in [-0.3, -0.25) is 4.90 Å². The fourth-order valence-corrected chi connectivity index (χ4v) is 4.86. The molecule has 5 nitrogen and oxygen atoms in total. The Morgan fingerprint density at radius 1 is 1.36 bits per heavy atom. The van der Waals surface area contributed by atoms with Gasteiger partial charge in [0.2, 0.25) is 6.29 Å². The quantitative estimate of drug-likeness (QED) is 0.445. The third-order valence-corrected chi connectivity index (χ3v) is 5.74. The second kappa shape index (κ2) is 6.28. The van der Waals surface area contributed by atoms with Gasteiger partial charge >= 0.3 is 5.97 Å². The smallest absolute Gasteiger partial charge is 0.332 e. The van der Waals surface area contributed by atoms with E-state index in [0.29, 0.717) is 13.2 Å². The van der Waals surface area contributed by atoms with Gasteiger partial charge in [0, 0.05) is 42.1 Å². The molecule has 3 aliphatic heterocycles. The van der Waals surface area contributed by atoms with Gasteiger partial charge in [-0.2, -0.15) is 0 Å². The summed E-state index contributed by atoms with van der Waals surface area (Å²) in [6.45, 7) is 8.20. The molecule has 3 heterocycles. The maximum Gasteiger partial charge on any atom is 0.332 e. The molecule has 1 spiro atoms. The number of nitrogens with zero attached hydrogens (tertiary/aromatic N) is 1. The van der Waals surface area contributed by atoms with Crippen molar-refractivity contribution in [2.45, 2.75) is 64.0 Å². The number of ether oxygens (including phenoxy) is 3. The average molecular weight is 343 g/mol. The molecule has 0 bridgehead atoms. The van der Waals surface area contributed by atoms with Crippen molar-refractivity contribution in [3.05, 3.63) is 22.8 Å². The molecule has 1 aliphatic carbocycles. The minimum Gasteiger partial charge on any atom is -0.445 e. The Balaban J connectivity index is 1.72. The van der Waals surface area contributed by atoms with Crippen LogP contribution < -0.4 is 0 Å². The zero-order chi connectivity index (χ0) is 17.6. The number of esters is 1. The van der Waals surface area contributed by atoms with E-state index < -0.39 is 11.9 Å². The first-order valence-corrected chi connectivity index (χ1v) is 9.34. The monoisotopic (exact) mass is 343 g/mol. The Kier molecular flexibility index (Phi) is 4.23. The summed E-state index contributed by atoms with van der Waals surface area (Å²) in [5, 5.41) is 0. The van der Waals surface area contributed by atoms with Gasteiger partial charge in [-0.05, 0) is 46.1 Å². The zero-order valence-corrected chi connectivity index (χ0v) is 15.1. The van der Waals surface area contributed by atoms with E-state index in [2.05, 4.69) is 23.7 Å². The van der Waals surface area contributed by atoms with E-state index in [-0.39, 0.29) is 18.1 Å². The van der Waals surface area contributed by atoms with E-state index in [9.17, 15) is 4.79 Å². The molecule has 0 aromatic rings. The Hall–Kier alpha value is -1.61. The maximum absolute atomic E-state index is 12.1. The summed E-state index contributed by atoms with van der Waals surface area (Å²) in [7, 11) is 0. The standard InChI is InChI=1S/C20H25NO4/c1-4-23-18(24-5-2)10-9-14-15-12-17(22)25-20(15)16-8-6-7-11-21(16)13(3)19(14)20/h12-13,16,18H,4-8,11H2,1-3H3/t13-,16?,20-/m0/s1. The van der Waals surface area contributed by atoms with Crippen LogP contribution in [0, 0.1) is 11.8 Å². The summed E-state index contributed by atoms with van der Waals surface area (Å²) in [5.74, 6) is 6.08. The van der Waals surface area contributed by atoms with Crippen molar-refractivity contribution in [3.63, 3.8) is 0 Å². The maximum atomic E-state index is 12.1. The first kappa shape index (κ1) is 16.8. The van der Waals surface area contributed by atoms with Crippen molar-refractivity contribution in [1.29, 1.82) is 0 Å². The van der Waals surface area contributed by atoms with Gasteiger partial charge in [0.05, 0.1) is 6.04 Å². The molecule has 1 unspecified atom stereocenters. The molecule has 0 amide bonds. The van der Waals surface area contributed by atoms with Crippen LogP contribution in [0.2, 0.25) is 0 Å². The highest BCUT2D eigenvalue weighted by Crippen LogP contribution is 2.61. The molecule has 4 rings (SSSR count). The van der Waals surface area contributed by atoms with E-state index in [1.807, 2.05) is 13.8 Å². The lowest BCUT2D eigenvalue weighted by Crippen LogP contribution is -2.52. The largest absolute Gasteiger partial charge is 0.445 e. The van der Waals surface area contributed by atoms with Gasteiger partial charge in [0.15, 0.2) is 5.60 Å². The molecule has 0 aromatic carbocycles. The van der Waals surface area contributed by atoms with Crippen molar-refractivity contribution in [2.24, 2.45) is 0 Å². The van der Waals surface area contributed by atoms with E-state index in [1.54, 1.807) is 6.08 Å². The number of hydrogen-bond acceptors (Lipinski definition) is 5. The van der Waals surface area contributed by atoms with Crippen LogP contribution in [0.4, 0.5) is 0 Å². The SMILES string of the molecule is CCOC(C#CC1=C2[C@H](C)N3CCCCC3[C@]23OC(=O)C=C13)OCC. The lowest BCUT2D eigenvalue weighted by Gasteiger charge is -2.43. The molecule has 0 N–H and O–H groups in total. The summed E-state index contributed by atoms with van der Waals surface area (Å²) in [5.41, 5.74) is 2.56. The van der Waals surface area contributed by atoms with Crippen LogP contribution in [0.15, 0.2) is 22.8 Å². The van der Waals surface area contributed by atoms with Crippen molar-refractivity contribution < 1.29 is 19.0 Å². The van der Waals surface area contributed by atoms with Crippen LogP contribution in [-0.4, -0.2) is 54.6 Å². The highest BCUT2D eigenvalue weighted by molar-refractivity contribution is 5.94. The van der Waals surface area contributed by atoms with Gasteiger partial charge in [-0.1, -0.05) is 12.3 Å². The molecule has 25 heavy (non-hydrogen) atoms. The molecular weight excluding hydrogens is 318 g/mol. The normalized spacial score (nSPS) is 33.1. The highest BCUT2D eigenvalue weighted by atomic mass is 16.7. The number of rotatable bonds is 4. The van der Waals surface area contributed by atoms with Crippen molar-refractivity contribution in [2.75, 3.05) is 19.8 Å². The summed E-state index contributed by atoms with van der Waals surface area (Å²) < 4.78 is 16.9. The third-order valence-electron chi connectivity index (χ3n) is 5.74. The fraction of sp³-hybridized carbons (Fsp3) is 0.650.